The van der Waals surface area contributed by atoms with Crippen LogP contribution in [0.15, 0.2) is 30.3 Å². The van der Waals surface area contributed by atoms with E-state index in [2.05, 4.69) is 10.3 Å². The summed E-state index contributed by atoms with van der Waals surface area (Å²) in [5, 5.41) is 11.8. The number of nitrogens with zero attached hydrogens (tertiary/aromatic N) is 1. The molecule has 1 aromatic heterocycles. The molecule has 0 radical (unpaired) electrons. The van der Waals surface area contributed by atoms with Gasteiger partial charge in [-0.3, -0.25) is 4.79 Å². The number of methoxy groups -OCH3 is 1. The van der Waals surface area contributed by atoms with Gasteiger partial charge in [-0.2, -0.15) is 0 Å². The van der Waals surface area contributed by atoms with Crippen LogP contribution in [0.4, 0.5) is 5.69 Å². The van der Waals surface area contributed by atoms with Gasteiger partial charge in [-0.15, -0.1) is 0 Å². The lowest BCUT2D eigenvalue weighted by atomic mass is 10.0. The molecule has 2 rings (SSSR count). The predicted octanol–water partition coefficient (Wildman–Crippen LogP) is 2.84. The number of hydrogen-bond acceptors (Lipinski definition) is 4. The standard InChI is InChI=1S/C18H20N2O4/c1-4-14-15(7-8-17(20-14)24-3)19-16(21)10-12-5-6-13(18(22)23)9-11(12)2/h5-9H,4,10H2,1-3H3,(H,19,21)(H,22,23). The van der Waals surface area contributed by atoms with Crippen LogP contribution >= 0.6 is 0 Å². The van der Waals surface area contributed by atoms with Crippen LogP contribution in [-0.2, 0) is 17.6 Å². The lowest BCUT2D eigenvalue weighted by Crippen LogP contribution is -2.17. The van der Waals surface area contributed by atoms with Crippen molar-refractivity contribution in [3.8, 4) is 5.88 Å². The van der Waals surface area contributed by atoms with Crippen molar-refractivity contribution in [1.82, 2.24) is 4.98 Å². The van der Waals surface area contributed by atoms with E-state index < -0.39 is 5.97 Å². The van der Waals surface area contributed by atoms with Crippen LogP contribution in [-0.4, -0.2) is 29.1 Å². The summed E-state index contributed by atoms with van der Waals surface area (Å²) in [6.07, 6.45) is 0.833. The first-order valence-electron chi connectivity index (χ1n) is 7.61. The first kappa shape index (κ1) is 17.5. The quantitative estimate of drug-likeness (QED) is 0.851. The monoisotopic (exact) mass is 328 g/mol. The van der Waals surface area contributed by atoms with Crippen LogP contribution in [0.1, 0.15) is 34.1 Å². The number of carbonyl (C=O) groups is 2. The van der Waals surface area contributed by atoms with Gasteiger partial charge in [0, 0.05) is 6.07 Å². The van der Waals surface area contributed by atoms with Crippen molar-refractivity contribution < 1.29 is 19.4 Å². The molecule has 0 bridgehead atoms. The van der Waals surface area contributed by atoms with E-state index in [9.17, 15) is 9.59 Å². The number of aryl methyl sites for hydroxylation is 2. The summed E-state index contributed by atoms with van der Waals surface area (Å²) in [6, 6.07) is 8.21. The number of benzene rings is 1. The van der Waals surface area contributed by atoms with Crippen molar-refractivity contribution in [2.75, 3.05) is 12.4 Å². The number of aromatic nitrogens is 1. The summed E-state index contributed by atoms with van der Waals surface area (Å²) >= 11 is 0. The van der Waals surface area contributed by atoms with Gasteiger partial charge in [-0.05, 0) is 42.7 Å². The molecule has 0 spiro atoms. The van der Waals surface area contributed by atoms with Crippen molar-refractivity contribution in [1.29, 1.82) is 0 Å². The normalized spacial score (nSPS) is 10.3. The number of hydrogen-bond donors (Lipinski definition) is 2. The summed E-state index contributed by atoms with van der Waals surface area (Å²) in [6.45, 7) is 3.74. The highest BCUT2D eigenvalue weighted by Crippen LogP contribution is 2.19. The van der Waals surface area contributed by atoms with Gasteiger partial charge in [0.15, 0.2) is 0 Å². The molecule has 0 aliphatic carbocycles. The number of carboxylic acids is 1. The van der Waals surface area contributed by atoms with Crippen molar-refractivity contribution >= 4 is 17.6 Å². The molecule has 1 amide bonds. The largest absolute Gasteiger partial charge is 0.481 e. The number of anilines is 1. The molecule has 126 valence electrons. The van der Waals surface area contributed by atoms with Crippen molar-refractivity contribution in [2.24, 2.45) is 0 Å². The third-order valence-electron chi connectivity index (χ3n) is 3.71. The molecule has 0 aliphatic heterocycles. The summed E-state index contributed by atoms with van der Waals surface area (Å²) in [5.41, 5.74) is 3.18. The minimum Gasteiger partial charge on any atom is -0.481 e. The maximum absolute atomic E-state index is 12.3. The van der Waals surface area contributed by atoms with Gasteiger partial charge in [0.1, 0.15) is 0 Å². The van der Waals surface area contributed by atoms with Gasteiger partial charge >= 0.3 is 5.97 Å². The first-order valence-corrected chi connectivity index (χ1v) is 7.61. The van der Waals surface area contributed by atoms with Gasteiger partial charge in [0.2, 0.25) is 11.8 Å². The molecule has 2 aromatic rings. The Morgan fingerprint density at radius 3 is 2.58 bits per heavy atom. The van der Waals surface area contributed by atoms with E-state index in [0.29, 0.717) is 18.0 Å². The number of pyridine rings is 1. The van der Waals surface area contributed by atoms with Crippen LogP contribution in [0.3, 0.4) is 0 Å². The van der Waals surface area contributed by atoms with Crippen LogP contribution in [0, 0.1) is 6.92 Å². The van der Waals surface area contributed by atoms with Crippen molar-refractivity contribution in [3.63, 3.8) is 0 Å². The SMILES string of the molecule is CCc1nc(OC)ccc1NC(=O)Cc1ccc(C(=O)O)cc1C. The van der Waals surface area contributed by atoms with E-state index in [1.807, 2.05) is 6.92 Å². The van der Waals surface area contributed by atoms with E-state index >= 15 is 0 Å². The number of rotatable bonds is 6. The molecule has 6 nitrogen and oxygen atoms in total. The highest BCUT2D eigenvalue weighted by atomic mass is 16.5. The highest BCUT2D eigenvalue weighted by molar-refractivity contribution is 5.93. The Labute approximate surface area is 140 Å². The second kappa shape index (κ2) is 7.59. The van der Waals surface area contributed by atoms with Gasteiger partial charge in [-0.1, -0.05) is 13.0 Å². The summed E-state index contributed by atoms with van der Waals surface area (Å²) in [5.74, 6) is -0.654. The third kappa shape index (κ3) is 4.10. The van der Waals surface area contributed by atoms with Crippen LogP contribution < -0.4 is 10.1 Å². The zero-order valence-corrected chi connectivity index (χ0v) is 13.9. The van der Waals surface area contributed by atoms with E-state index in [-0.39, 0.29) is 17.9 Å². The molecule has 6 heteroatoms. The van der Waals surface area contributed by atoms with Crippen LogP contribution in [0.25, 0.3) is 0 Å². The summed E-state index contributed by atoms with van der Waals surface area (Å²) in [4.78, 5) is 27.6. The number of amides is 1. The predicted molar refractivity (Wildman–Crippen MR) is 90.6 cm³/mol. The molecule has 0 saturated carbocycles. The molecule has 0 aliphatic rings. The van der Waals surface area contributed by atoms with Gasteiger partial charge in [0.05, 0.1) is 30.5 Å². The van der Waals surface area contributed by atoms with E-state index in [4.69, 9.17) is 9.84 Å². The van der Waals surface area contributed by atoms with Crippen LogP contribution in [0.2, 0.25) is 0 Å². The molecule has 0 atom stereocenters. The summed E-state index contributed by atoms with van der Waals surface area (Å²) in [7, 11) is 1.55. The topological polar surface area (TPSA) is 88.5 Å². The number of carboxylic acid groups (broad SMARTS) is 1. The van der Waals surface area contributed by atoms with Gasteiger partial charge in [-0.25, -0.2) is 9.78 Å². The maximum atomic E-state index is 12.3. The zero-order valence-electron chi connectivity index (χ0n) is 13.9. The number of ether oxygens (including phenoxy) is 1. The lowest BCUT2D eigenvalue weighted by Gasteiger charge is -2.11. The van der Waals surface area contributed by atoms with Gasteiger partial charge in [0.25, 0.3) is 0 Å². The number of carbonyl (C=O) groups excluding carboxylic acids is 1. The van der Waals surface area contributed by atoms with Crippen molar-refractivity contribution in [2.45, 2.75) is 26.7 Å². The van der Waals surface area contributed by atoms with Crippen molar-refractivity contribution in [3.05, 3.63) is 52.7 Å². The smallest absolute Gasteiger partial charge is 0.335 e. The fourth-order valence-electron chi connectivity index (χ4n) is 2.37. The molecular formula is C18H20N2O4. The van der Waals surface area contributed by atoms with E-state index in [1.54, 1.807) is 38.3 Å². The molecule has 1 heterocycles. The Hall–Kier alpha value is -2.89. The fraction of sp³-hybridized carbons (Fsp3) is 0.278. The molecule has 1 aromatic carbocycles. The lowest BCUT2D eigenvalue weighted by molar-refractivity contribution is -0.115. The average molecular weight is 328 g/mol. The Kier molecular flexibility index (Phi) is 5.52. The Bertz CT molecular complexity index is 772. The second-order valence-electron chi connectivity index (χ2n) is 5.37. The third-order valence-corrected chi connectivity index (χ3v) is 3.71. The molecule has 0 saturated heterocycles. The minimum absolute atomic E-state index is 0.168. The van der Waals surface area contributed by atoms with Crippen LogP contribution in [0.5, 0.6) is 5.88 Å². The average Bonchev–Trinajstić information content (AvgIpc) is 2.56. The maximum Gasteiger partial charge on any atom is 0.335 e. The molecule has 0 unspecified atom stereocenters. The van der Waals surface area contributed by atoms with Gasteiger partial charge < -0.3 is 15.2 Å². The second-order valence-corrected chi connectivity index (χ2v) is 5.37. The highest BCUT2D eigenvalue weighted by Gasteiger charge is 2.12. The Morgan fingerprint density at radius 2 is 2.00 bits per heavy atom. The minimum atomic E-state index is -0.981. The molecule has 2 N–H and O–H groups in total. The zero-order chi connectivity index (χ0) is 17.7. The van der Waals surface area contributed by atoms with E-state index in [1.165, 1.54) is 6.07 Å². The molecule has 24 heavy (non-hydrogen) atoms. The Balaban J connectivity index is 2.12. The Morgan fingerprint density at radius 1 is 1.25 bits per heavy atom. The molecular weight excluding hydrogens is 308 g/mol. The number of aromatic carboxylic acids is 1. The number of nitrogens with one attached hydrogen (secondary N) is 1. The van der Waals surface area contributed by atoms with E-state index in [0.717, 1.165) is 16.8 Å². The first-order chi connectivity index (χ1) is 11.4. The molecule has 0 fully saturated rings. The fourth-order valence-corrected chi connectivity index (χ4v) is 2.37. The summed E-state index contributed by atoms with van der Waals surface area (Å²) < 4.78 is 5.09.